The molecule has 4 nitrogen and oxygen atoms in total. The molecule has 3 rings (SSSR count). The molecular formula is C15H18N2O2. The number of aromatic amines is 1. The average Bonchev–Trinajstić information content (AvgIpc) is 2.75. The second-order valence-electron chi connectivity index (χ2n) is 5.08. The molecule has 0 atom stereocenters. The van der Waals surface area contributed by atoms with Crippen LogP contribution in [0.4, 0.5) is 0 Å². The molecule has 19 heavy (non-hydrogen) atoms. The van der Waals surface area contributed by atoms with Gasteiger partial charge in [-0.15, -0.1) is 0 Å². The number of H-pyrrole nitrogens is 1. The fourth-order valence-corrected chi connectivity index (χ4v) is 2.59. The molecule has 1 aromatic heterocycles. The van der Waals surface area contributed by atoms with Crippen molar-refractivity contribution in [2.45, 2.75) is 13.8 Å². The van der Waals surface area contributed by atoms with E-state index < -0.39 is 0 Å². The van der Waals surface area contributed by atoms with Crippen molar-refractivity contribution in [1.29, 1.82) is 0 Å². The van der Waals surface area contributed by atoms with Crippen LogP contribution in [0.1, 0.15) is 21.6 Å². The number of morpholine rings is 1. The fourth-order valence-electron chi connectivity index (χ4n) is 2.59. The van der Waals surface area contributed by atoms with Crippen LogP contribution in [-0.2, 0) is 4.74 Å². The Morgan fingerprint density at radius 3 is 2.74 bits per heavy atom. The number of ether oxygens (including phenoxy) is 1. The Morgan fingerprint density at radius 1 is 1.26 bits per heavy atom. The second-order valence-corrected chi connectivity index (χ2v) is 5.08. The lowest BCUT2D eigenvalue weighted by molar-refractivity contribution is 0.0299. The summed E-state index contributed by atoms with van der Waals surface area (Å²) in [6.07, 6.45) is 0. The molecule has 1 aliphatic heterocycles. The topological polar surface area (TPSA) is 45.3 Å². The molecule has 1 aliphatic rings. The highest BCUT2D eigenvalue weighted by Crippen LogP contribution is 2.23. The molecule has 4 heteroatoms. The van der Waals surface area contributed by atoms with Crippen LogP contribution >= 0.6 is 0 Å². The zero-order valence-corrected chi connectivity index (χ0v) is 11.3. The smallest absolute Gasteiger partial charge is 0.270 e. The predicted molar refractivity (Wildman–Crippen MR) is 74.5 cm³/mol. The number of aromatic nitrogens is 1. The molecule has 0 aliphatic carbocycles. The molecular weight excluding hydrogens is 240 g/mol. The summed E-state index contributed by atoms with van der Waals surface area (Å²) in [5.74, 6) is 0.0784. The molecule has 1 N–H and O–H groups in total. The van der Waals surface area contributed by atoms with Crippen LogP contribution in [0.5, 0.6) is 0 Å². The van der Waals surface area contributed by atoms with E-state index in [1.54, 1.807) is 0 Å². The van der Waals surface area contributed by atoms with E-state index in [1.165, 1.54) is 5.56 Å². The first-order valence-electron chi connectivity index (χ1n) is 6.63. The van der Waals surface area contributed by atoms with Gasteiger partial charge in [0.15, 0.2) is 0 Å². The number of fused-ring (bicyclic) bond motifs is 1. The molecule has 0 bridgehead atoms. The SMILES string of the molecule is Cc1ccc2c(C)c(C(=O)N3CCOCC3)[nH]c2c1. The maximum absolute atomic E-state index is 12.5. The normalized spacial score (nSPS) is 16.0. The highest BCUT2D eigenvalue weighted by molar-refractivity contribution is 6.01. The van der Waals surface area contributed by atoms with E-state index >= 15 is 0 Å². The summed E-state index contributed by atoms with van der Waals surface area (Å²) in [6, 6.07) is 6.23. The third-order valence-corrected chi connectivity index (χ3v) is 3.73. The van der Waals surface area contributed by atoms with Crippen molar-refractivity contribution >= 4 is 16.8 Å². The number of hydrogen-bond acceptors (Lipinski definition) is 2. The Hall–Kier alpha value is -1.81. The summed E-state index contributed by atoms with van der Waals surface area (Å²) in [4.78, 5) is 17.6. The van der Waals surface area contributed by atoms with Gasteiger partial charge in [-0.25, -0.2) is 0 Å². The lowest BCUT2D eigenvalue weighted by Crippen LogP contribution is -2.41. The summed E-state index contributed by atoms with van der Waals surface area (Å²) >= 11 is 0. The number of amides is 1. The number of rotatable bonds is 1. The van der Waals surface area contributed by atoms with Crippen LogP contribution in [0.3, 0.4) is 0 Å². The quantitative estimate of drug-likeness (QED) is 0.852. The van der Waals surface area contributed by atoms with Crippen LogP contribution in [0.2, 0.25) is 0 Å². The monoisotopic (exact) mass is 258 g/mol. The first-order valence-corrected chi connectivity index (χ1v) is 6.63. The van der Waals surface area contributed by atoms with E-state index in [0.29, 0.717) is 32.0 Å². The van der Waals surface area contributed by atoms with E-state index in [-0.39, 0.29) is 5.91 Å². The minimum atomic E-state index is 0.0784. The summed E-state index contributed by atoms with van der Waals surface area (Å²) in [5, 5.41) is 1.13. The number of nitrogens with one attached hydrogen (secondary N) is 1. The Bertz CT molecular complexity index is 624. The van der Waals surface area contributed by atoms with E-state index in [4.69, 9.17) is 4.74 Å². The molecule has 1 fully saturated rings. The van der Waals surface area contributed by atoms with Gasteiger partial charge in [0, 0.05) is 24.0 Å². The lowest BCUT2D eigenvalue weighted by Gasteiger charge is -2.26. The molecule has 1 saturated heterocycles. The van der Waals surface area contributed by atoms with Crippen molar-refractivity contribution in [2.24, 2.45) is 0 Å². The molecule has 1 amide bonds. The van der Waals surface area contributed by atoms with Crippen LogP contribution in [0, 0.1) is 13.8 Å². The van der Waals surface area contributed by atoms with Gasteiger partial charge < -0.3 is 14.6 Å². The Labute approximate surface area is 112 Å². The van der Waals surface area contributed by atoms with E-state index in [9.17, 15) is 4.79 Å². The van der Waals surface area contributed by atoms with Crippen molar-refractivity contribution in [3.05, 3.63) is 35.0 Å². The highest BCUT2D eigenvalue weighted by Gasteiger charge is 2.22. The highest BCUT2D eigenvalue weighted by atomic mass is 16.5. The maximum Gasteiger partial charge on any atom is 0.270 e. The van der Waals surface area contributed by atoms with Gasteiger partial charge in [0.1, 0.15) is 5.69 Å². The number of carbonyl (C=O) groups is 1. The number of hydrogen-bond donors (Lipinski definition) is 1. The zero-order valence-electron chi connectivity index (χ0n) is 11.3. The van der Waals surface area contributed by atoms with E-state index in [2.05, 4.69) is 30.1 Å². The molecule has 0 spiro atoms. The molecule has 100 valence electrons. The number of aryl methyl sites for hydroxylation is 2. The van der Waals surface area contributed by atoms with Gasteiger partial charge in [-0.05, 0) is 31.0 Å². The van der Waals surface area contributed by atoms with Gasteiger partial charge in [0.25, 0.3) is 5.91 Å². The Morgan fingerprint density at radius 2 is 2.00 bits per heavy atom. The first kappa shape index (κ1) is 12.2. The van der Waals surface area contributed by atoms with Gasteiger partial charge >= 0.3 is 0 Å². The summed E-state index contributed by atoms with van der Waals surface area (Å²) in [7, 11) is 0. The second kappa shape index (κ2) is 4.70. The predicted octanol–water partition coefficient (Wildman–Crippen LogP) is 2.26. The van der Waals surface area contributed by atoms with E-state index in [1.807, 2.05) is 11.8 Å². The van der Waals surface area contributed by atoms with Gasteiger partial charge in [0.2, 0.25) is 0 Å². The third kappa shape index (κ3) is 2.12. The van der Waals surface area contributed by atoms with Gasteiger partial charge in [-0.1, -0.05) is 12.1 Å². The minimum Gasteiger partial charge on any atom is -0.378 e. The molecule has 2 aromatic rings. The lowest BCUT2D eigenvalue weighted by atomic mass is 10.1. The van der Waals surface area contributed by atoms with Crippen LogP contribution in [0.25, 0.3) is 10.9 Å². The zero-order chi connectivity index (χ0) is 13.4. The van der Waals surface area contributed by atoms with Gasteiger partial charge in [-0.2, -0.15) is 0 Å². The van der Waals surface area contributed by atoms with Crippen molar-refractivity contribution in [3.8, 4) is 0 Å². The molecule has 1 aromatic carbocycles. The van der Waals surface area contributed by atoms with Crippen molar-refractivity contribution in [3.63, 3.8) is 0 Å². The standard InChI is InChI=1S/C15H18N2O2/c1-10-3-4-12-11(2)14(16-13(12)9-10)15(18)17-5-7-19-8-6-17/h3-4,9,16H,5-8H2,1-2H3. The molecule has 0 saturated carbocycles. The maximum atomic E-state index is 12.5. The number of benzene rings is 1. The first-order chi connectivity index (χ1) is 9.16. The van der Waals surface area contributed by atoms with Gasteiger partial charge in [0.05, 0.1) is 13.2 Å². The molecule has 2 heterocycles. The Kier molecular flexibility index (Phi) is 3.03. The summed E-state index contributed by atoms with van der Waals surface area (Å²) in [5.41, 5.74) is 3.97. The van der Waals surface area contributed by atoms with Crippen LogP contribution in [-0.4, -0.2) is 42.1 Å². The number of nitrogens with zero attached hydrogens (tertiary/aromatic N) is 1. The molecule has 0 radical (unpaired) electrons. The van der Waals surface area contributed by atoms with Crippen LogP contribution < -0.4 is 0 Å². The van der Waals surface area contributed by atoms with Crippen molar-refractivity contribution < 1.29 is 9.53 Å². The van der Waals surface area contributed by atoms with E-state index in [0.717, 1.165) is 16.5 Å². The largest absolute Gasteiger partial charge is 0.378 e. The van der Waals surface area contributed by atoms with Gasteiger partial charge in [-0.3, -0.25) is 4.79 Å². The minimum absolute atomic E-state index is 0.0784. The Balaban J connectivity index is 2.00. The van der Waals surface area contributed by atoms with Crippen molar-refractivity contribution in [2.75, 3.05) is 26.3 Å². The summed E-state index contributed by atoms with van der Waals surface area (Å²) in [6.45, 7) is 6.66. The number of carbonyl (C=O) groups excluding carboxylic acids is 1. The average molecular weight is 258 g/mol. The van der Waals surface area contributed by atoms with Crippen LogP contribution in [0.15, 0.2) is 18.2 Å². The fraction of sp³-hybridized carbons (Fsp3) is 0.400. The third-order valence-electron chi connectivity index (χ3n) is 3.73. The summed E-state index contributed by atoms with van der Waals surface area (Å²) < 4.78 is 5.29. The van der Waals surface area contributed by atoms with Crippen molar-refractivity contribution in [1.82, 2.24) is 9.88 Å². The molecule has 0 unspecified atom stereocenters.